The summed E-state index contributed by atoms with van der Waals surface area (Å²) in [4.78, 5) is 0. The summed E-state index contributed by atoms with van der Waals surface area (Å²) >= 11 is 0. The van der Waals surface area contributed by atoms with E-state index in [1.165, 1.54) is 0 Å². The van der Waals surface area contributed by atoms with Gasteiger partial charge in [0.2, 0.25) is 0 Å². The van der Waals surface area contributed by atoms with Crippen LogP contribution in [0.2, 0.25) is 0 Å². The third-order valence-corrected chi connectivity index (χ3v) is 4.94. The van der Waals surface area contributed by atoms with Gasteiger partial charge in [-0.3, -0.25) is 4.18 Å². The second-order valence-corrected chi connectivity index (χ2v) is 7.21. The van der Waals surface area contributed by atoms with Crippen molar-refractivity contribution in [3.8, 4) is 0 Å². The van der Waals surface area contributed by atoms with Crippen LogP contribution in [0.25, 0.3) is 0 Å². The van der Waals surface area contributed by atoms with Crippen LogP contribution in [0.15, 0.2) is 0 Å². The average Bonchev–Trinajstić information content (AvgIpc) is 2.03. The first kappa shape index (κ1) is 13.9. The summed E-state index contributed by atoms with van der Waals surface area (Å²) in [5.74, 6) is -0.0432. The van der Waals surface area contributed by atoms with Crippen LogP contribution in [0.1, 0.15) is 41.5 Å². The Hall–Kier alpha value is -0.130. The zero-order valence-corrected chi connectivity index (χ0v) is 11.7. The van der Waals surface area contributed by atoms with Crippen LogP contribution in [-0.2, 0) is 19.0 Å². The molecule has 4 nitrogen and oxygen atoms in total. The van der Waals surface area contributed by atoms with Crippen molar-refractivity contribution in [3.63, 3.8) is 0 Å². The van der Waals surface area contributed by atoms with Crippen LogP contribution in [0.5, 0.6) is 0 Å². The molecule has 2 atom stereocenters. The van der Waals surface area contributed by atoms with Crippen molar-refractivity contribution in [2.24, 2.45) is 5.92 Å². The minimum Gasteiger partial charge on any atom is -0.368 e. The Bertz CT molecular complexity index is 358. The summed E-state index contributed by atoms with van der Waals surface area (Å²) in [6.07, 6.45) is -0.264. The summed E-state index contributed by atoms with van der Waals surface area (Å²) in [7, 11) is -3.54. The Labute approximate surface area is 98.4 Å². The first-order chi connectivity index (χ1) is 6.99. The van der Waals surface area contributed by atoms with Crippen LogP contribution in [-0.4, -0.2) is 31.5 Å². The molecule has 0 saturated carbocycles. The van der Waals surface area contributed by atoms with Crippen LogP contribution in [0, 0.1) is 5.92 Å². The normalized spacial score (nSPS) is 38.3. The molecule has 0 amide bonds. The number of hydrogen-bond donors (Lipinski definition) is 0. The Kier molecular flexibility index (Phi) is 3.45. The largest absolute Gasteiger partial charge is 0.368 e. The van der Waals surface area contributed by atoms with Crippen molar-refractivity contribution in [2.45, 2.75) is 58.8 Å². The first-order valence-electron chi connectivity index (χ1n) is 5.60. The van der Waals surface area contributed by atoms with Crippen molar-refractivity contribution in [1.29, 1.82) is 0 Å². The van der Waals surface area contributed by atoms with Gasteiger partial charge >= 0.3 is 0 Å². The fourth-order valence-electron chi connectivity index (χ4n) is 1.99. The van der Waals surface area contributed by atoms with Crippen molar-refractivity contribution < 1.29 is 17.3 Å². The van der Waals surface area contributed by atoms with Crippen LogP contribution in [0.4, 0.5) is 0 Å². The molecular weight excluding hydrogens is 228 g/mol. The minimum atomic E-state index is -3.54. The third-order valence-electron chi connectivity index (χ3n) is 3.28. The average molecular weight is 250 g/mol. The predicted octanol–water partition coefficient (Wildman–Crippen LogP) is 1.94. The predicted molar refractivity (Wildman–Crippen MR) is 62.7 cm³/mol. The second-order valence-electron chi connectivity index (χ2n) is 5.64. The van der Waals surface area contributed by atoms with E-state index in [0.29, 0.717) is 0 Å². The van der Waals surface area contributed by atoms with Gasteiger partial charge in [-0.1, -0.05) is 13.8 Å². The molecule has 16 heavy (non-hydrogen) atoms. The van der Waals surface area contributed by atoms with E-state index in [1.807, 2.05) is 20.8 Å². The van der Waals surface area contributed by atoms with Crippen LogP contribution in [0.3, 0.4) is 0 Å². The Morgan fingerprint density at radius 1 is 1.25 bits per heavy atom. The lowest BCUT2D eigenvalue weighted by atomic mass is 9.87. The molecule has 0 aromatic carbocycles. The van der Waals surface area contributed by atoms with Gasteiger partial charge in [-0.25, -0.2) is 0 Å². The standard InChI is InChI=1S/C11H22O4S/c1-8(2)11(6)9(3)14-10(4,5)7-16(12,13)15-11/h8-9H,7H2,1-6H3. The Morgan fingerprint density at radius 3 is 2.19 bits per heavy atom. The van der Waals surface area contributed by atoms with Gasteiger partial charge in [0.25, 0.3) is 10.1 Å². The SMILES string of the molecule is CC(C)C1(C)OS(=O)(=O)CC(C)(C)OC1C. The fourth-order valence-corrected chi connectivity index (χ4v) is 3.85. The summed E-state index contributed by atoms with van der Waals surface area (Å²) in [5, 5.41) is 0. The van der Waals surface area contributed by atoms with Crippen LogP contribution >= 0.6 is 0 Å². The first-order valence-corrected chi connectivity index (χ1v) is 7.17. The summed E-state index contributed by atoms with van der Waals surface area (Å²) in [6.45, 7) is 11.1. The van der Waals surface area contributed by atoms with E-state index in [0.717, 1.165) is 0 Å². The van der Waals surface area contributed by atoms with Gasteiger partial charge in [0, 0.05) is 0 Å². The van der Waals surface area contributed by atoms with E-state index < -0.39 is 21.3 Å². The molecule has 1 rings (SSSR count). The van der Waals surface area contributed by atoms with E-state index in [9.17, 15) is 8.42 Å². The molecule has 96 valence electrons. The fraction of sp³-hybridized carbons (Fsp3) is 1.00. The summed E-state index contributed by atoms with van der Waals surface area (Å²) in [5.41, 5.74) is -1.50. The molecule has 5 heteroatoms. The van der Waals surface area contributed by atoms with Gasteiger partial charge in [-0.2, -0.15) is 8.42 Å². The maximum absolute atomic E-state index is 11.8. The maximum Gasteiger partial charge on any atom is 0.270 e. The van der Waals surface area contributed by atoms with Gasteiger partial charge in [0.1, 0.15) is 11.4 Å². The molecule has 1 saturated heterocycles. The summed E-state index contributed by atoms with van der Waals surface area (Å²) < 4.78 is 34.8. The summed E-state index contributed by atoms with van der Waals surface area (Å²) in [6, 6.07) is 0. The minimum absolute atomic E-state index is 0.0613. The molecule has 2 unspecified atom stereocenters. The van der Waals surface area contributed by atoms with Gasteiger partial charge in [-0.15, -0.1) is 0 Å². The van der Waals surface area contributed by atoms with E-state index in [4.69, 9.17) is 8.92 Å². The lowest BCUT2D eigenvalue weighted by Crippen LogP contribution is -2.47. The molecule has 1 aliphatic heterocycles. The quantitative estimate of drug-likeness (QED) is 0.667. The number of ether oxygens (including phenoxy) is 1. The smallest absolute Gasteiger partial charge is 0.270 e. The van der Waals surface area contributed by atoms with Crippen LogP contribution < -0.4 is 0 Å². The van der Waals surface area contributed by atoms with Crippen molar-refractivity contribution >= 4 is 10.1 Å². The van der Waals surface area contributed by atoms with E-state index in [1.54, 1.807) is 20.8 Å². The molecule has 0 N–H and O–H groups in total. The number of hydrogen-bond acceptors (Lipinski definition) is 4. The zero-order valence-electron chi connectivity index (χ0n) is 10.9. The lowest BCUT2D eigenvalue weighted by molar-refractivity contribution is -0.132. The highest BCUT2D eigenvalue weighted by Crippen LogP contribution is 2.36. The molecule has 0 bridgehead atoms. The highest BCUT2D eigenvalue weighted by molar-refractivity contribution is 7.86. The molecule has 1 aliphatic rings. The van der Waals surface area contributed by atoms with Crippen molar-refractivity contribution in [1.82, 2.24) is 0 Å². The monoisotopic (exact) mass is 250 g/mol. The Balaban J connectivity index is 3.17. The van der Waals surface area contributed by atoms with Gasteiger partial charge in [0.05, 0.1) is 11.7 Å². The molecule has 0 aliphatic carbocycles. The molecular formula is C11H22O4S. The highest BCUT2D eigenvalue weighted by atomic mass is 32.2. The zero-order chi connectivity index (χ0) is 12.8. The van der Waals surface area contributed by atoms with E-state index in [-0.39, 0.29) is 17.8 Å². The van der Waals surface area contributed by atoms with Crippen molar-refractivity contribution in [3.05, 3.63) is 0 Å². The molecule has 1 heterocycles. The van der Waals surface area contributed by atoms with E-state index in [2.05, 4.69) is 0 Å². The van der Waals surface area contributed by atoms with Crippen molar-refractivity contribution in [2.75, 3.05) is 5.75 Å². The molecule has 0 radical (unpaired) electrons. The van der Waals surface area contributed by atoms with Gasteiger partial charge < -0.3 is 4.74 Å². The lowest BCUT2D eigenvalue weighted by Gasteiger charge is -2.37. The molecule has 0 aromatic heterocycles. The Morgan fingerprint density at radius 2 is 1.75 bits per heavy atom. The maximum atomic E-state index is 11.8. The van der Waals surface area contributed by atoms with Gasteiger partial charge in [-0.05, 0) is 33.6 Å². The molecule has 0 aromatic rings. The topological polar surface area (TPSA) is 52.6 Å². The highest BCUT2D eigenvalue weighted by Gasteiger charge is 2.47. The third kappa shape index (κ3) is 2.76. The number of rotatable bonds is 1. The molecule has 1 fully saturated rings. The second kappa shape index (κ2) is 3.96. The van der Waals surface area contributed by atoms with E-state index >= 15 is 0 Å². The molecule has 0 spiro atoms. The van der Waals surface area contributed by atoms with Gasteiger partial charge in [0.15, 0.2) is 0 Å².